The molecule has 0 aliphatic heterocycles. The van der Waals surface area contributed by atoms with Crippen molar-refractivity contribution >= 4 is 23.2 Å². The number of hydrogen-bond acceptors (Lipinski definition) is 4. The Morgan fingerprint density at radius 1 is 1.32 bits per heavy atom. The van der Waals surface area contributed by atoms with Crippen molar-refractivity contribution in [3.63, 3.8) is 0 Å². The van der Waals surface area contributed by atoms with Gasteiger partial charge in [0.25, 0.3) is 0 Å². The molecule has 120 valence electrons. The van der Waals surface area contributed by atoms with E-state index in [0.29, 0.717) is 17.1 Å². The maximum Gasteiger partial charge on any atom is 0.242 e. The van der Waals surface area contributed by atoms with E-state index in [1.807, 2.05) is 19.1 Å². The van der Waals surface area contributed by atoms with Crippen molar-refractivity contribution in [1.82, 2.24) is 5.43 Å². The number of nitrogens with zero attached hydrogens (tertiary/aromatic N) is 1. The zero-order valence-corrected chi connectivity index (χ0v) is 13.7. The van der Waals surface area contributed by atoms with Crippen LogP contribution < -0.4 is 15.5 Å². The van der Waals surface area contributed by atoms with Crippen LogP contribution in [0.4, 0.5) is 5.69 Å². The summed E-state index contributed by atoms with van der Waals surface area (Å²) in [5.41, 5.74) is 4.59. The van der Waals surface area contributed by atoms with Crippen molar-refractivity contribution < 1.29 is 14.3 Å². The molecule has 0 aliphatic rings. The highest BCUT2D eigenvalue weighted by atomic mass is 16.5. The summed E-state index contributed by atoms with van der Waals surface area (Å²) in [6.45, 7) is 7.17. The molecule has 1 aromatic carbocycles. The molecule has 0 atom stereocenters. The van der Waals surface area contributed by atoms with Crippen LogP contribution in [0.3, 0.4) is 0 Å². The van der Waals surface area contributed by atoms with Crippen LogP contribution in [0.25, 0.3) is 0 Å². The average Bonchev–Trinajstić information content (AvgIpc) is 2.44. The van der Waals surface area contributed by atoms with Gasteiger partial charge in [-0.2, -0.15) is 5.10 Å². The minimum absolute atomic E-state index is 0.0927. The number of methoxy groups -OCH3 is 1. The maximum absolute atomic E-state index is 12.0. The van der Waals surface area contributed by atoms with Crippen molar-refractivity contribution in [3.05, 3.63) is 23.8 Å². The molecular formula is C16H23N3O3. The summed E-state index contributed by atoms with van der Waals surface area (Å²) >= 11 is 0. The average molecular weight is 305 g/mol. The van der Waals surface area contributed by atoms with Crippen LogP contribution in [0.15, 0.2) is 23.3 Å². The highest BCUT2D eigenvalue weighted by Gasteiger charge is 2.10. The van der Waals surface area contributed by atoms with Crippen molar-refractivity contribution in [1.29, 1.82) is 0 Å². The molecule has 2 amide bonds. The van der Waals surface area contributed by atoms with Crippen molar-refractivity contribution in [3.8, 4) is 5.75 Å². The standard InChI is InChI=1S/C16H23N3O3/c1-10(2)16(21)19-18-12(4)9-15(20)17-13-8-11(3)6-7-14(13)22-5/h6-8,10H,9H2,1-5H3,(H,17,20)(H,19,21)/b18-12+. The first-order valence-electron chi connectivity index (χ1n) is 7.11. The molecule has 0 saturated heterocycles. The third-order valence-electron chi connectivity index (χ3n) is 2.93. The first-order valence-corrected chi connectivity index (χ1v) is 7.11. The highest BCUT2D eigenvalue weighted by molar-refractivity contribution is 6.06. The van der Waals surface area contributed by atoms with Gasteiger partial charge in [0.05, 0.1) is 19.2 Å². The molecule has 1 rings (SSSR count). The summed E-state index contributed by atoms with van der Waals surface area (Å²) in [6.07, 6.45) is 0.0927. The lowest BCUT2D eigenvalue weighted by Crippen LogP contribution is -2.25. The van der Waals surface area contributed by atoms with Crippen LogP contribution in [-0.4, -0.2) is 24.6 Å². The van der Waals surface area contributed by atoms with Gasteiger partial charge >= 0.3 is 0 Å². The summed E-state index contributed by atoms with van der Waals surface area (Å²) in [7, 11) is 1.55. The Morgan fingerprint density at radius 3 is 2.59 bits per heavy atom. The molecule has 6 nitrogen and oxygen atoms in total. The molecule has 0 fully saturated rings. The molecule has 22 heavy (non-hydrogen) atoms. The summed E-state index contributed by atoms with van der Waals surface area (Å²) < 4.78 is 5.21. The van der Waals surface area contributed by atoms with Crippen LogP contribution in [-0.2, 0) is 9.59 Å². The lowest BCUT2D eigenvalue weighted by atomic mass is 10.2. The number of nitrogens with one attached hydrogen (secondary N) is 2. The molecule has 0 saturated carbocycles. The number of amides is 2. The molecule has 0 aliphatic carbocycles. The fraction of sp³-hybridized carbons (Fsp3) is 0.438. The van der Waals surface area contributed by atoms with E-state index in [1.54, 1.807) is 33.9 Å². The minimum Gasteiger partial charge on any atom is -0.495 e. The molecule has 0 radical (unpaired) electrons. The number of hydrogen-bond donors (Lipinski definition) is 2. The van der Waals surface area contributed by atoms with E-state index in [4.69, 9.17) is 4.74 Å². The molecule has 1 aromatic rings. The topological polar surface area (TPSA) is 79.8 Å². The van der Waals surface area contributed by atoms with Gasteiger partial charge < -0.3 is 10.1 Å². The number of carbonyl (C=O) groups is 2. The van der Waals surface area contributed by atoms with E-state index in [2.05, 4.69) is 15.8 Å². The highest BCUT2D eigenvalue weighted by Crippen LogP contribution is 2.25. The largest absolute Gasteiger partial charge is 0.495 e. The number of ether oxygens (including phenoxy) is 1. The molecule has 0 bridgehead atoms. The number of carbonyl (C=O) groups excluding carboxylic acids is 2. The van der Waals surface area contributed by atoms with Crippen LogP contribution >= 0.6 is 0 Å². The Bertz CT molecular complexity index is 580. The lowest BCUT2D eigenvalue weighted by molar-refractivity contribution is -0.124. The van der Waals surface area contributed by atoms with Crippen LogP contribution in [0.2, 0.25) is 0 Å². The fourth-order valence-corrected chi connectivity index (χ4v) is 1.67. The number of rotatable bonds is 6. The summed E-state index contributed by atoms with van der Waals surface area (Å²) in [4.78, 5) is 23.4. The first kappa shape index (κ1) is 17.7. The fourth-order valence-electron chi connectivity index (χ4n) is 1.67. The quantitative estimate of drug-likeness (QED) is 0.626. The zero-order chi connectivity index (χ0) is 16.7. The van der Waals surface area contributed by atoms with Crippen LogP contribution in [0, 0.1) is 12.8 Å². The number of benzene rings is 1. The van der Waals surface area contributed by atoms with Gasteiger partial charge in [-0.05, 0) is 31.5 Å². The molecule has 0 spiro atoms. The molecule has 2 N–H and O–H groups in total. The van der Waals surface area contributed by atoms with Gasteiger partial charge in [-0.25, -0.2) is 5.43 Å². The summed E-state index contributed by atoms with van der Waals surface area (Å²) in [6, 6.07) is 5.54. The predicted octanol–water partition coefficient (Wildman–Crippen LogP) is 2.48. The van der Waals surface area contributed by atoms with Crippen molar-refractivity contribution in [2.45, 2.75) is 34.1 Å². The Hall–Kier alpha value is -2.37. The second-order valence-electron chi connectivity index (χ2n) is 5.41. The Morgan fingerprint density at radius 2 is 2.00 bits per heavy atom. The third kappa shape index (κ3) is 5.55. The van der Waals surface area contributed by atoms with E-state index < -0.39 is 0 Å². The molecule has 0 heterocycles. The molecular weight excluding hydrogens is 282 g/mol. The van der Waals surface area contributed by atoms with Gasteiger partial charge in [0.15, 0.2) is 0 Å². The van der Waals surface area contributed by atoms with Gasteiger partial charge in [-0.3, -0.25) is 9.59 Å². The number of anilines is 1. The van der Waals surface area contributed by atoms with Crippen molar-refractivity contribution in [2.24, 2.45) is 11.0 Å². The summed E-state index contributed by atoms with van der Waals surface area (Å²) in [5.74, 6) is 0.0487. The molecule has 0 aromatic heterocycles. The summed E-state index contributed by atoms with van der Waals surface area (Å²) in [5, 5.41) is 6.70. The molecule has 0 unspecified atom stereocenters. The minimum atomic E-state index is -0.219. The van der Waals surface area contributed by atoms with Gasteiger partial charge in [-0.15, -0.1) is 0 Å². The van der Waals surface area contributed by atoms with E-state index in [1.165, 1.54) is 0 Å². The number of hydrazone groups is 1. The normalized spacial score (nSPS) is 11.3. The lowest BCUT2D eigenvalue weighted by Gasteiger charge is -2.11. The Kier molecular flexibility index (Phi) is 6.56. The van der Waals surface area contributed by atoms with E-state index in [-0.39, 0.29) is 24.2 Å². The second kappa shape index (κ2) is 8.17. The smallest absolute Gasteiger partial charge is 0.242 e. The zero-order valence-electron chi connectivity index (χ0n) is 13.7. The monoisotopic (exact) mass is 305 g/mol. The van der Waals surface area contributed by atoms with Crippen LogP contribution in [0.5, 0.6) is 5.75 Å². The van der Waals surface area contributed by atoms with Gasteiger partial charge in [-0.1, -0.05) is 19.9 Å². The predicted molar refractivity (Wildman–Crippen MR) is 87.1 cm³/mol. The van der Waals surface area contributed by atoms with Crippen molar-refractivity contribution in [2.75, 3.05) is 12.4 Å². The second-order valence-corrected chi connectivity index (χ2v) is 5.41. The van der Waals surface area contributed by atoms with E-state index >= 15 is 0 Å². The first-order chi connectivity index (χ1) is 10.3. The Balaban J connectivity index is 2.65. The molecule has 6 heteroatoms. The number of aryl methyl sites for hydroxylation is 1. The SMILES string of the molecule is COc1ccc(C)cc1NC(=O)C/C(C)=N/NC(=O)C(C)C. The van der Waals surface area contributed by atoms with Gasteiger partial charge in [0.2, 0.25) is 11.8 Å². The third-order valence-corrected chi connectivity index (χ3v) is 2.93. The van der Waals surface area contributed by atoms with E-state index in [9.17, 15) is 9.59 Å². The van der Waals surface area contributed by atoms with Gasteiger partial charge in [0.1, 0.15) is 5.75 Å². The maximum atomic E-state index is 12.0. The van der Waals surface area contributed by atoms with E-state index in [0.717, 1.165) is 5.56 Å². The van der Waals surface area contributed by atoms with Gasteiger partial charge in [0, 0.05) is 11.6 Å². The van der Waals surface area contributed by atoms with Crippen LogP contribution in [0.1, 0.15) is 32.8 Å². The Labute approximate surface area is 130 Å².